The van der Waals surface area contributed by atoms with Gasteiger partial charge in [0.25, 0.3) is 0 Å². The minimum atomic E-state index is -2.96. The third-order valence-electron chi connectivity index (χ3n) is 7.18. The van der Waals surface area contributed by atoms with E-state index in [0.717, 1.165) is 50.0 Å². The lowest BCUT2D eigenvalue weighted by Crippen LogP contribution is -2.32. The Morgan fingerprint density at radius 1 is 1.08 bits per heavy atom. The smallest absolute Gasteiger partial charge is 0.304 e. The highest BCUT2D eigenvalue weighted by atomic mass is 32.3. The normalized spacial score (nSPS) is 17.0. The number of hydrogen-bond acceptors (Lipinski definition) is 6. The van der Waals surface area contributed by atoms with E-state index >= 15 is 0 Å². The molecule has 0 saturated heterocycles. The first-order valence-corrected chi connectivity index (χ1v) is 13.5. The van der Waals surface area contributed by atoms with Crippen LogP contribution in [0.3, 0.4) is 0 Å². The summed E-state index contributed by atoms with van der Waals surface area (Å²) in [5, 5.41) is 18.2. The largest absolute Gasteiger partial charge is 0.481 e. The Labute approximate surface area is 211 Å². The first-order chi connectivity index (χ1) is 17.1. The van der Waals surface area contributed by atoms with Gasteiger partial charge in [0.2, 0.25) is 0 Å². The number of carboxylic acids is 1. The number of fused-ring (bicyclic) bond motifs is 2. The molecule has 3 N–H and O–H groups in total. The number of carbonyl (C=O) groups is 1. The summed E-state index contributed by atoms with van der Waals surface area (Å²) in [5.41, 5.74) is 8.36. The fourth-order valence-corrected chi connectivity index (χ4v) is 6.66. The third kappa shape index (κ3) is 4.51. The van der Waals surface area contributed by atoms with Gasteiger partial charge in [-0.15, -0.1) is 15.9 Å². The van der Waals surface area contributed by atoms with Crippen LogP contribution in [0.4, 0.5) is 0 Å². The topological polar surface area (TPSA) is 112 Å². The monoisotopic (exact) mass is 506 g/mol. The van der Waals surface area contributed by atoms with Crippen LogP contribution in [-0.4, -0.2) is 39.5 Å². The van der Waals surface area contributed by atoms with Crippen molar-refractivity contribution in [2.24, 2.45) is 7.05 Å². The maximum Gasteiger partial charge on any atom is 0.304 e. The molecule has 1 unspecified atom stereocenters. The third-order valence-corrected chi connectivity index (χ3v) is 8.97. The number of nitrogens with zero attached hydrogens (tertiary/aromatic N) is 4. The van der Waals surface area contributed by atoms with Crippen LogP contribution in [0.2, 0.25) is 0 Å². The van der Waals surface area contributed by atoms with Gasteiger partial charge in [0.05, 0.1) is 17.7 Å². The number of aliphatic carboxylic acids is 1. The van der Waals surface area contributed by atoms with Crippen molar-refractivity contribution < 1.29 is 19.0 Å². The summed E-state index contributed by atoms with van der Waals surface area (Å²) in [5.74, 6) is -1.06. The lowest BCUT2D eigenvalue weighted by Gasteiger charge is -2.47. The molecule has 1 atom stereocenters. The van der Waals surface area contributed by atoms with Crippen molar-refractivity contribution in [3.63, 3.8) is 0 Å². The fourth-order valence-electron chi connectivity index (χ4n) is 5.08. The van der Waals surface area contributed by atoms with E-state index in [9.17, 15) is 19.0 Å². The van der Waals surface area contributed by atoms with Crippen LogP contribution < -0.4 is 0 Å². The number of rotatable bonds is 6. The molecule has 0 saturated carbocycles. The van der Waals surface area contributed by atoms with Crippen molar-refractivity contribution in [1.29, 1.82) is 0 Å². The molecule has 0 bridgehead atoms. The zero-order chi connectivity index (χ0) is 25.6. The van der Waals surface area contributed by atoms with Crippen LogP contribution in [-0.2, 0) is 30.7 Å². The number of hydrogen-bond donors (Lipinski definition) is 3. The number of aryl methyl sites for hydroxylation is 3. The van der Waals surface area contributed by atoms with Crippen LogP contribution in [0.1, 0.15) is 51.3 Å². The highest BCUT2D eigenvalue weighted by molar-refractivity contribution is 8.21. The van der Waals surface area contributed by atoms with E-state index in [1.54, 1.807) is 8.99 Å². The van der Waals surface area contributed by atoms with Crippen molar-refractivity contribution in [1.82, 2.24) is 19.3 Å². The minimum absolute atomic E-state index is 0.0681. The second-order valence-electron chi connectivity index (χ2n) is 9.54. The molecule has 0 amide bonds. The van der Waals surface area contributed by atoms with Gasteiger partial charge in [-0.25, -0.2) is 4.68 Å². The molecule has 1 aliphatic heterocycles. The van der Waals surface area contributed by atoms with Crippen molar-refractivity contribution in [3.8, 4) is 0 Å². The molecule has 0 spiro atoms. The van der Waals surface area contributed by atoms with E-state index in [-0.39, 0.29) is 18.1 Å². The molecule has 188 valence electrons. The molecule has 0 radical (unpaired) electrons. The van der Waals surface area contributed by atoms with Gasteiger partial charge in [0, 0.05) is 26.1 Å². The lowest BCUT2D eigenvalue weighted by atomic mass is 9.84. The number of aromatic nitrogens is 3. The molecule has 4 aromatic rings. The van der Waals surface area contributed by atoms with E-state index in [4.69, 9.17) is 0 Å². The van der Waals surface area contributed by atoms with Crippen LogP contribution in [0, 0.1) is 13.8 Å². The average Bonchev–Trinajstić information content (AvgIpc) is 3.21. The molecule has 2 heterocycles. The van der Waals surface area contributed by atoms with Gasteiger partial charge in [0.15, 0.2) is 0 Å². The minimum Gasteiger partial charge on any atom is -0.481 e. The highest BCUT2D eigenvalue weighted by Crippen LogP contribution is 2.52. The van der Waals surface area contributed by atoms with Gasteiger partial charge in [-0.1, -0.05) is 53.7 Å². The van der Waals surface area contributed by atoms with Gasteiger partial charge in [-0.05, 0) is 58.9 Å². The Morgan fingerprint density at radius 2 is 1.83 bits per heavy atom. The standard InChI is InChI=1S/C27H30N4O4S/c1-17-8-9-19(12-22(17)15-31-14-20-6-4-5-7-21(20)16-36(31,34)35)24(13-26(32)33)23-10-11-25-27(18(23)2)28-29-30(25)3/h4-12,24,34-35H,13-16H2,1-3H3,(H,32,33). The molecule has 36 heavy (non-hydrogen) atoms. The maximum atomic E-state index is 11.9. The van der Waals surface area contributed by atoms with E-state index in [0.29, 0.717) is 13.1 Å². The Hall–Kier alpha value is -3.24. The molecule has 0 fully saturated rings. The summed E-state index contributed by atoms with van der Waals surface area (Å²) in [6.07, 6.45) is -0.0681. The average molecular weight is 507 g/mol. The summed E-state index contributed by atoms with van der Waals surface area (Å²) >= 11 is 0. The Morgan fingerprint density at radius 3 is 2.58 bits per heavy atom. The second-order valence-corrected chi connectivity index (χ2v) is 11.6. The Bertz CT molecular complexity index is 1470. The fraction of sp³-hybridized carbons (Fsp3) is 0.296. The van der Waals surface area contributed by atoms with Gasteiger partial charge in [-0.2, -0.15) is 4.31 Å². The van der Waals surface area contributed by atoms with Gasteiger partial charge in [-0.3, -0.25) is 13.9 Å². The van der Waals surface area contributed by atoms with E-state index in [1.165, 1.54) is 0 Å². The predicted octanol–water partition coefficient (Wildman–Crippen LogP) is 5.37. The summed E-state index contributed by atoms with van der Waals surface area (Å²) < 4.78 is 25.3. The second kappa shape index (κ2) is 9.33. The molecule has 1 aromatic heterocycles. The summed E-state index contributed by atoms with van der Waals surface area (Å²) in [6.45, 7) is 4.75. The van der Waals surface area contributed by atoms with Crippen LogP contribution in [0.5, 0.6) is 0 Å². The Kier molecular flexibility index (Phi) is 6.34. The highest BCUT2D eigenvalue weighted by Gasteiger charge is 2.30. The van der Waals surface area contributed by atoms with Crippen molar-refractivity contribution in [2.45, 2.75) is 45.0 Å². The molecule has 3 aromatic carbocycles. The zero-order valence-corrected chi connectivity index (χ0v) is 21.4. The van der Waals surface area contributed by atoms with Crippen LogP contribution in [0.15, 0.2) is 54.6 Å². The Balaban J connectivity index is 1.52. The van der Waals surface area contributed by atoms with Crippen LogP contribution in [0.25, 0.3) is 11.0 Å². The van der Waals surface area contributed by atoms with Crippen LogP contribution >= 0.6 is 10.8 Å². The zero-order valence-electron chi connectivity index (χ0n) is 20.5. The number of carboxylic acid groups (broad SMARTS) is 1. The summed E-state index contributed by atoms with van der Waals surface area (Å²) in [6, 6.07) is 17.7. The SMILES string of the molecule is Cc1ccc(C(CC(=O)O)c2ccc3c(nnn3C)c2C)cc1CN1Cc2ccccc2CS1(O)O. The maximum absolute atomic E-state index is 11.9. The number of benzene rings is 3. The molecular formula is C27H30N4O4S. The quantitative estimate of drug-likeness (QED) is 0.322. The van der Waals surface area contributed by atoms with Gasteiger partial charge >= 0.3 is 5.97 Å². The van der Waals surface area contributed by atoms with Gasteiger partial charge in [0.1, 0.15) is 5.52 Å². The molecule has 1 aliphatic rings. The first kappa shape index (κ1) is 24.5. The molecule has 5 rings (SSSR count). The predicted molar refractivity (Wildman–Crippen MR) is 141 cm³/mol. The van der Waals surface area contributed by atoms with E-state index in [1.807, 2.05) is 75.5 Å². The van der Waals surface area contributed by atoms with E-state index in [2.05, 4.69) is 10.3 Å². The lowest BCUT2D eigenvalue weighted by molar-refractivity contribution is -0.137. The molecular weight excluding hydrogens is 476 g/mol. The molecule has 0 aliphatic carbocycles. The first-order valence-electron chi connectivity index (χ1n) is 11.8. The summed E-state index contributed by atoms with van der Waals surface area (Å²) in [4.78, 5) is 11.9. The summed E-state index contributed by atoms with van der Waals surface area (Å²) in [7, 11) is -1.13. The van der Waals surface area contributed by atoms with E-state index < -0.39 is 16.7 Å². The molecule has 8 nitrogen and oxygen atoms in total. The van der Waals surface area contributed by atoms with Gasteiger partial charge < -0.3 is 5.11 Å². The van der Waals surface area contributed by atoms with Crippen molar-refractivity contribution in [3.05, 3.63) is 93.5 Å². The van der Waals surface area contributed by atoms with Crippen molar-refractivity contribution >= 4 is 27.8 Å². The van der Waals surface area contributed by atoms with Crippen molar-refractivity contribution in [2.75, 3.05) is 0 Å². The molecule has 9 heteroatoms.